The van der Waals surface area contributed by atoms with Gasteiger partial charge in [-0.05, 0) is 31.7 Å². The van der Waals surface area contributed by atoms with Crippen LogP contribution in [0.25, 0.3) is 11.4 Å². The Morgan fingerprint density at radius 3 is 2.65 bits per heavy atom. The Morgan fingerprint density at radius 2 is 1.97 bits per heavy atom. The number of rotatable bonds is 5. The van der Waals surface area contributed by atoms with Gasteiger partial charge in [-0.25, -0.2) is 0 Å². The van der Waals surface area contributed by atoms with Crippen LogP contribution in [0.2, 0.25) is 0 Å². The van der Waals surface area contributed by atoms with E-state index < -0.39 is 12.1 Å². The lowest BCUT2D eigenvalue weighted by Crippen LogP contribution is -2.53. The number of aromatic nitrogens is 3. The van der Waals surface area contributed by atoms with Crippen molar-refractivity contribution in [1.29, 1.82) is 0 Å². The zero-order chi connectivity index (χ0) is 21.8. The van der Waals surface area contributed by atoms with Crippen LogP contribution in [-0.4, -0.2) is 55.4 Å². The quantitative estimate of drug-likeness (QED) is 0.671. The van der Waals surface area contributed by atoms with Crippen LogP contribution < -0.4 is 0 Å². The molecule has 0 bridgehead atoms. The molecule has 2 atom stereocenters. The lowest BCUT2D eigenvalue weighted by molar-refractivity contribution is -0.159. The van der Waals surface area contributed by atoms with Crippen molar-refractivity contribution >= 4 is 12.3 Å². The molecule has 1 aliphatic heterocycles. The summed E-state index contributed by atoms with van der Waals surface area (Å²) in [4.78, 5) is 36.2. The van der Waals surface area contributed by atoms with E-state index in [2.05, 4.69) is 19.6 Å². The molecule has 31 heavy (non-hydrogen) atoms. The highest BCUT2D eigenvalue weighted by Gasteiger charge is 2.44. The molecular weight excluding hydrogens is 415 g/mol. The molecule has 2 amide bonds. The van der Waals surface area contributed by atoms with E-state index in [-0.39, 0.29) is 35.4 Å². The molecule has 2 aromatic rings. The van der Waals surface area contributed by atoms with Gasteiger partial charge in [0.15, 0.2) is 0 Å². The summed E-state index contributed by atoms with van der Waals surface area (Å²) in [7, 11) is 0. The second-order valence-electron chi connectivity index (χ2n) is 8.28. The smallest absolute Gasteiger partial charge is 0.337 e. The summed E-state index contributed by atoms with van der Waals surface area (Å²) in [6, 6.07) is 1.59. The zero-order valence-electron chi connectivity index (χ0n) is 16.5. The predicted molar refractivity (Wildman–Crippen MR) is 99.4 cm³/mol. The minimum atomic E-state index is -4.75. The molecule has 0 spiro atoms. The monoisotopic (exact) mass is 435 g/mol. The summed E-state index contributed by atoms with van der Waals surface area (Å²) < 4.78 is 42.5. The SMILES string of the molecule is O=CN(C1CC1)[C@@H]1CCCC[C@H]1N1Cc2ncc(-c3noc(C(F)(F)F)n3)cc2C1=O. The Kier molecular flexibility index (Phi) is 4.71. The molecule has 0 N–H and O–H groups in total. The number of nitrogens with zero attached hydrogens (tertiary/aromatic N) is 5. The van der Waals surface area contributed by atoms with Crippen molar-refractivity contribution in [3.63, 3.8) is 0 Å². The van der Waals surface area contributed by atoms with Crippen molar-refractivity contribution in [2.75, 3.05) is 0 Å². The average molecular weight is 435 g/mol. The second-order valence-corrected chi connectivity index (χ2v) is 8.28. The maximum atomic E-state index is 13.2. The van der Waals surface area contributed by atoms with Crippen molar-refractivity contribution in [2.45, 2.75) is 69.4 Å². The Bertz CT molecular complexity index is 1020. The van der Waals surface area contributed by atoms with Gasteiger partial charge in [0.1, 0.15) is 0 Å². The first-order valence-corrected chi connectivity index (χ1v) is 10.3. The molecule has 0 radical (unpaired) electrons. The third-order valence-electron chi connectivity index (χ3n) is 6.28. The van der Waals surface area contributed by atoms with E-state index in [0.717, 1.165) is 44.9 Å². The van der Waals surface area contributed by atoms with Gasteiger partial charge < -0.3 is 14.3 Å². The van der Waals surface area contributed by atoms with E-state index in [1.54, 1.807) is 4.90 Å². The molecule has 0 saturated heterocycles. The van der Waals surface area contributed by atoms with Crippen LogP contribution in [-0.2, 0) is 17.5 Å². The minimum absolute atomic E-state index is 0.0250. The number of halogens is 3. The molecule has 2 aromatic heterocycles. The second kappa shape index (κ2) is 7.31. The topological polar surface area (TPSA) is 92.4 Å². The third-order valence-corrected chi connectivity index (χ3v) is 6.28. The number of carbonyl (C=O) groups is 2. The van der Waals surface area contributed by atoms with Crippen LogP contribution >= 0.6 is 0 Å². The molecule has 5 rings (SSSR count). The number of hydrogen-bond acceptors (Lipinski definition) is 6. The van der Waals surface area contributed by atoms with E-state index in [1.165, 1.54) is 12.3 Å². The molecule has 2 fully saturated rings. The van der Waals surface area contributed by atoms with Gasteiger partial charge in [-0.1, -0.05) is 18.0 Å². The molecule has 11 heteroatoms. The third kappa shape index (κ3) is 3.55. The molecule has 0 unspecified atom stereocenters. The standard InChI is InChI=1S/C20H20F3N5O3/c21-20(22,23)19-25-17(26-31-19)11-7-13-14(24-8-11)9-27(18(13)30)15-3-1-2-4-16(15)28(10-29)12-5-6-12/h7-8,10,12,15-16H,1-6,9H2/t15-,16-/m1/s1. The molecule has 164 valence electrons. The first kappa shape index (κ1) is 20.0. The lowest BCUT2D eigenvalue weighted by atomic mass is 9.88. The van der Waals surface area contributed by atoms with Crippen molar-refractivity contribution in [2.24, 2.45) is 0 Å². The van der Waals surface area contributed by atoms with Gasteiger partial charge in [-0.2, -0.15) is 18.2 Å². The van der Waals surface area contributed by atoms with Crippen LogP contribution in [0.4, 0.5) is 13.2 Å². The largest absolute Gasteiger partial charge is 0.471 e. The fraction of sp³-hybridized carbons (Fsp3) is 0.550. The van der Waals surface area contributed by atoms with Crippen molar-refractivity contribution in [1.82, 2.24) is 24.9 Å². The number of alkyl halides is 3. The van der Waals surface area contributed by atoms with E-state index in [1.807, 2.05) is 4.90 Å². The zero-order valence-corrected chi connectivity index (χ0v) is 16.5. The summed E-state index contributed by atoms with van der Waals surface area (Å²) in [5, 5.41) is 3.37. The van der Waals surface area contributed by atoms with Crippen LogP contribution in [0.5, 0.6) is 0 Å². The number of hydrogen-bond donors (Lipinski definition) is 0. The molecule has 8 nitrogen and oxygen atoms in total. The molecule has 2 saturated carbocycles. The van der Waals surface area contributed by atoms with E-state index in [0.29, 0.717) is 17.8 Å². The Labute approximate surface area is 175 Å². The first-order valence-electron chi connectivity index (χ1n) is 10.3. The highest BCUT2D eigenvalue weighted by Crippen LogP contribution is 2.37. The summed E-state index contributed by atoms with van der Waals surface area (Å²) in [5.41, 5.74) is 1.06. The normalized spacial score (nSPS) is 23.7. The van der Waals surface area contributed by atoms with Gasteiger partial charge in [0.2, 0.25) is 12.2 Å². The van der Waals surface area contributed by atoms with Gasteiger partial charge in [-0.3, -0.25) is 14.6 Å². The Balaban J connectivity index is 1.41. The minimum Gasteiger partial charge on any atom is -0.337 e. The average Bonchev–Trinajstić information content (AvgIpc) is 3.34. The summed E-state index contributed by atoms with van der Waals surface area (Å²) in [6.45, 7) is 0.313. The van der Waals surface area contributed by atoms with Crippen molar-refractivity contribution in [3.8, 4) is 11.4 Å². The molecule has 0 aromatic carbocycles. The summed E-state index contributed by atoms with van der Waals surface area (Å²) in [6.07, 6.45) is 3.12. The maximum Gasteiger partial charge on any atom is 0.471 e. The van der Waals surface area contributed by atoms with Crippen LogP contribution in [0.15, 0.2) is 16.8 Å². The number of carbonyl (C=O) groups excluding carboxylic acids is 2. The van der Waals surface area contributed by atoms with Crippen molar-refractivity contribution < 1.29 is 27.3 Å². The number of amides is 2. The van der Waals surface area contributed by atoms with Gasteiger partial charge in [0.05, 0.1) is 29.9 Å². The van der Waals surface area contributed by atoms with Gasteiger partial charge >= 0.3 is 12.1 Å². The highest BCUT2D eigenvalue weighted by atomic mass is 19.4. The van der Waals surface area contributed by atoms with Gasteiger partial charge in [0, 0.05) is 17.8 Å². The first-order chi connectivity index (χ1) is 14.9. The molecule has 2 aliphatic carbocycles. The molecule has 3 heterocycles. The summed E-state index contributed by atoms with van der Waals surface area (Å²) in [5.74, 6) is -1.96. The lowest BCUT2D eigenvalue weighted by Gasteiger charge is -2.42. The fourth-order valence-electron chi connectivity index (χ4n) is 4.65. The number of fused-ring (bicyclic) bond motifs is 1. The van der Waals surface area contributed by atoms with E-state index in [4.69, 9.17) is 0 Å². The predicted octanol–water partition coefficient (Wildman–Crippen LogP) is 3.04. The maximum absolute atomic E-state index is 13.2. The van der Waals surface area contributed by atoms with Crippen LogP contribution in [0.3, 0.4) is 0 Å². The summed E-state index contributed by atoms with van der Waals surface area (Å²) >= 11 is 0. The van der Waals surface area contributed by atoms with Gasteiger partial charge in [-0.15, -0.1) is 0 Å². The van der Waals surface area contributed by atoms with Crippen LogP contribution in [0.1, 0.15) is 60.5 Å². The molecule has 3 aliphatic rings. The van der Waals surface area contributed by atoms with E-state index in [9.17, 15) is 22.8 Å². The van der Waals surface area contributed by atoms with Gasteiger partial charge in [0.25, 0.3) is 5.91 Å². The van der Waals surface area contributed by atoms with E-state index >= 15 is 0 Å². The Morgan fingerprint density at radius 1 is 1.19 bits per heavy atom. The van der Waals surface area contributed by atoms with Crippen molar-refractivity contribution in [3.05, 3.63) is 29.4 Å². The Hall–Kier alpha value is -2.98. The fourth-order valence-corrected chi connectivity index (χ4v) is 4.65. The number of pyridine rings is 1. The van der Waals surface area contributed by atoms with Crippen LogP contribution in [0, 0.1) is 0 Å². The molecular formula is C20H20F3N5O3. The highest BCUT2D eigenvalue weighted by molar-refractivity contribution is 5.99.